The topological polar surface area (TPSA) is 21.3 Å². The summed E-state index contributed by atoms with van der Waals surface area (Å²) >= 11 is 7.12. The molecular formula is C13H17Br2NO. The Hall–Kier alpha value is -0.0600. The quantitative estimate of drug-likeness (QED) is 0.840. The van der Waals surface area contributed by atoms with Crippen molar-refractivity contribution in [1.82, 2.24) is 5.32 Å². The Labute approximate surface area is 119 Å². The van der Waals surface area contributed by atoms with Gasteiger partial charge in [0, 0.05) is 22.5 Å². The largest absolute Gasteiger partial charge is 0.486 e. The van der Waals surface area contributed by atoms with Gasteiger partial charge in [-0.15, -0.1) is 0 Å². The molecule has 94 valence electrons. The van der Waals surface area contributed by atoms with Crippen LogP contribution in [-0.2, 0) is 0 Å². The maximum Gasteiger partial charge on any atom is 0.139 e. The molecule has 1 aliphatic heterocycles. The molecule has 0 aromatic heterocycles. The van der Waals surface area contributed by atoms with Crippen molar-refractivity contribution in [2.75, 3.05) is 6.54 Å². The fraction of sp³-hybridized carbons (Fsp3) is 0.538. The first-order valence-electron chi connectivity index (χ1n) is 5.84. The number of hydrogen-bond acceptors (Lipinski definition) is 2. The third kappa shape index (κ3) is 2.85. The summed E-state index contributed by atoms with van der Waals surface area (Å²) < 4.78 is 8.16. The predicted octanol–water partition coefficient (Wildman–Crippen LogP) is 4.42. The number of halogens is 2. The molecule has 1 N–H and O–H groups in total. The van der Waals surface area contributed by atoms with Crippen LogP contribution >= 0.6 is 31.9 Å². The van der Waals surface area contributed by atoms with E-state index in [9.17, 15) is 0 Å². The molecule has 1 heterocycles. The molecule has 2 nitrogen and oxygen atoms in total. The first-order chi connectivity index (χ1) is 7.93. The highest BCUT2D eigenvalue weighted by atomic mass is 79.9. The molecule has 17 heavy (non-hydrogen) atoms. The van der Waals surface area contributed by atoms with Gasteiger partial charge in [-0.05, 0) is 48.5 Å². The fourth-order valence-electron chi connectivity index (χ4n) is 2.29. The van der Waals surface area contributed by atoms with Gasteiger partial charge >= 0.3 is 0 Å². The van der Waals surface area contributed by atoms with E-state index in [0.717, 1.165) is 27.7 Å². The van der Waals surface area contributed by atoms with Crippen LogP contribution in [0.5, 0.6) is 5.75 Å². The monoisotopic (exact) mass is 361 g/mol. The van der Waals surface area contributed by atoms with Crippen molar-refractivity contribution < 1.29 is 4.74 Å². The second kappa shape index (κ2) is 4.90. The minimum atomic E-state index is -0.129. The van der Waals surface area contributed by atoms with Crippen LogP contribution < -0.4 is 10.1 Å². The molecule has 1 aliphatic rings. The van der Waals surface area contributed by atoms with Gasteiger partial charge in [-0.2, -0.15) is 0 Å². The van der Waals surface area contributed by atoms with Crippen molar-refractivity contribution >= 4 is 31.9 Å². The Morgan fingerprint density at radius 1 is 1.41 bits per heavy atom. The lowest BCUT2D eigenvalue weighted by Gasteiger charge is -2.38. The van der Waals surface area contributed by atoms with E-state index in [-0.39, 0.29) is 5.60 Å². The van der Waals surface area contributed by atoms with Crippen LogP contribution in [0.3, 0.4) is 0 Å². The van der Waals surface area contributed by atoms with Gasteiger partial charge in [0.2, 0.25) is 0 Å². The molecule has 4 heteroatoms. The molecule has 2 rings (SSSR count). The SMILES string of the molecule is CCNC1CC(C)(C)Oc2c(Br)cc(Br)cc21. The molecule has 0 fully saturated rings. The fourth-order valence-corrected chi connectivity index (χ4v) is 3.63. The average Bonchev–Trinajstić information content (AvgIpc) is 2.19. The van der Waals surface area contributed by atoms with Crippen LogP contribution in [0.1, 0.15) is 38.8 Å². The van der Waals surface area contributed by atoms with Crippen LogP contribution in [0.2, 0.25) is 0 Å². The molecule has 0 bridgehead atoms. The third-order valence-electron chi connectivity index (χ3n) is 2.94. The van der Waals surface area contributed by atoms with Gasteiger partial charge in [-0.1, -0.05) is 22.9 Å². The van der Waals surface area contributed by atoms with E-state index in [4.69, 9.17) is 4.74 Å². The molecule has 0 radical (unpaired) electrons. The maximum atomic E-state index is 6.07. The van der Waals surface area contributed by atoms with Crippen LogP contribution in [0.25, 0.3) is 0 Å². The number of fused-ring (bicyclic) bond motifs is 1. The van der Waals surface area contributed by atoms with Crippen molar-refractivity contribution in [3.63, 3.8) is 0 Å². The van der Waals surface area contributed by atoms with Crippen LogP contribution in [0.15, 0.2) is 21.1 Å². The Morgan fingerprint density at radius 2 is 2.12 bits per heavy atom. The van der Waals surface area contributed by atoms with Crippen molar-refractivity contribution in [1.29, 1.82) is 0 Å². The molecule has 0 amide bonds. The summed E-state index contributed by atoms with van der Waals surface area (Å²) in [5.74, 6) is 0.968. The Balaban J connectivity index is 2.48. The van der Waals surface area contributed by atoms with Crippen LogP contribution in [-0.4, -0.2) is 12.1 Å². The van der Waals surface area contributed by atoms with Crippen LogP contribution in [0, 0.1) is 0 Å². The first-order valence-corrected chi connectivity index (χ1v) is 7.43. The predicted molar refractivity (Wildman–Crippen MR) is 77.6 cm³/mol. The number of rotatable bonds is 2. The number of ether oxygens (including phenoxy) is 1. The second-order valence-corrected chi connectivity index (χ2v) is 6.75. The van der Waals surface area contributed by atoms with Gasteiger partial charge < -0.3 is 10.1 Å². The standard InChI is InChI=1S/C13H17Br2NO/c1-4-16-11-7-13(2,3)17-12-9(11)5-8(14)6-10(12)15/h5-6,11,16H,4,7H2,1-3H3. The minimum Gasteiger partial charge on any atom is -0.486 e. The highest BCUT2D eigenvalue weighted by molar-refractivity contribution is 9.11. The molecule has 1 aromatic carbocycles. The zero-order valence-electron chi connectivity index (χ0n) is 10.3. The molecule has 0 spiro atoms. The van der Waals surface area contributed by atoms with Crippen molar-refractivity contribution in [3.05, 3.63) is 26.6 Å². The normalized spacial score (nSPS) is 21.8. The summed E-state index contributed by atoms with van der Waals surface area (Å²) in [6.45, 7) is 7.36. The minimum absolute atomic E-state index is 0.129. The molecule has 0 saturated heterocycles. The zero-order valence-corrected chi connectivity index (χ0v) is 13.5. The molecular weight excluding hydrogens is 346 g/mol. The number of nitrogens with one attached hydrogen (secondary N) is 1. The summed E-state index contributed by atoms with van der Waals surface area (Å²) in [5.41, 5.74) is 1.10. The van der Waals surface area contributed by atoms with Gasteiger partial charge in [0.05, 0.1) is 4.47 Å². The molecule has 1 unspecified atom stereocenters. The zero-order chi connectivity index (χ0) is 12.6. The molecule has 1 aromatic rings. The summed E-state index contributed by atoms with van der Waals surface area (Å²) in [6, 6.07) is 4.53. The van der Waals surface area contributed by atoms with Gasteiger partial charge in [-0.25, -0.2) is 0 Å². The number of hydrogen-bond donors (Lipinski definition) is 1. The van der Waals surface area contributed by atoms with Gasteiger partial charge in [-0.3, -0.25) is 0 Å². The van der Waals surface area contributed by atoms with E-state index in [1.165, 1.54) is 5.56 Å². The summed E-state index contributed by atoms with van der Waals surface area (Å²) in [7, 11) is 0. The van der Waals surface area contributed by atoms with E-state index in [2.05, 4.69) is 64.0 Å². The Bertz CT molecular complexity index is 432. The number of benzene rings is 1. The van der Waals surface area contributed by atoms with E-state index >= 15 is 0 Å². The van der Waals surface area contributed by atoms with E-state index in [0.29, 0.717) is 6.04 Å². The molecule has 0 aliphatic carbocycles. The maximum absolute atomic E-state index is 6.07. The first kappa shape index (κ1) is 13.4. The van der Waals surface area contributed by atoms with E-state index < -0.39 is 0 Å². The van der Waals surface area contributed by atoms with Crippen molar-refractivity contribution in [3.8, 4) is 5.75 Å². The van der Waals surface area contributed by atoms with E-state index in [1.807, 2.05) is 6.07 Å². The molecule has 1 atom stereocenters. The van der Waals surface area contributed by atoms with E-state index in [1.54, 1.807) is 0 Å². The summed E-state index contributed by atoms with van der Waals surface area (Å²) in [6.07, 6.45) is 0.983. The van der Waals surface area contributed by atoms with Crippen LogP contribution in [0.4, 0.5) is 0 Å². The van der Waals surface area contributed by atoms with Gasteiger partial charge in [0.15, 0.2) is 0 Å². The third-order valence-corrected chi connectivity index (χ3v) is 3.98. The summed E-state index contributed by atoms with van der Waals surface area (Å²) in [5, 5.41) is 3.53. The lowest BCUT2D eigenvalue weighted by atomic mass is 9.90. The smallest absolute Gasteiger partial charge is 0.139 e. The summed E-state index contributed by atoms with van der Waals surface area (Å²) in [4.78, 5) is 0. The molecule has 0 saturated carbocycles. The Morgan fingerprint density at radius 3 is 2.76 bits per heavy atom. The lowest BCUT2D eigenvalue weighted by molar-refractivity contribution is 0.0654. The lowest BCUT2D eigenvalue weighted by Crippen LogP contribution is -2.39. The highest BCUT2D eigenvalue weighted by Crippen LogP contribution is 2.44. The van der Waals surface area contributed by atoms with Crippen molar-refractivity contribution in [2.45, 2.75) is 38.8 Å². The highest BCUT2D eigenvalue weighted by Gasteiger charge is 2.34. The second-order valence-electron chi connectivity index (χ2n) is 4.98. The average molecular weight is 363 g/mol. The van der Waals surface area contributed by atoms with Gasteiger partial charge in [0.25, 0.3) is 0 Å². The van der Waals surface area contributed by atoms with Gasteiger partial charge in [0.1, 0.15) is 11.4 Å². The Kier molecular flexibility index (Phi) is 3.86. The van der Waals surface area contributed by atoms with Crippen molar-refractivity contribution in [2.24, 2.45) is 0 Å².